The number of benzene rings is 1. The highest BCUT2D eigenvalue weighted by Gasteiger charge is 2.20. The lowest BCUT2D eigenvalue weighted by Crippen LogP contribution is -2.30. The fourth-order valence-electron chi connectivity index (χ4n) is 1.98. The van der Waals surface area contributed by atoms with Gasteiger partial charge in [0, 0.05) is 13.0 Å². The molecule has 18 heavy (non-hydrogen) atoms. The van der Waals surface area contributed by atoms with E-state index in [4.69, 9.17) is 9.84 Å². The van der Waals surface area contributed by atoms with Gasteiger partial charge in [0.25, 0.3) is 0 Å². The molecule has 0 aliphatic carbocycles. The van der Waals surface area contributed by atoms with Crippen molar-refractivity contribution in [2.75, 3.05) is 20.2 Å². The van der Waals surface area contributed by atoms with E-state index in [2.05, 4.69) is 4.99 Å². The maximum atomic E-state index is 10.7. The molecule has 1 aliphatic rings. The van der Waals surface area contributed by atoms with Crippen molar-refractivity contribution in [3.05, 3.63) is 24.3 Å². The Labute approximate surface area is 106 Å². The first-order valence-corrected chi connectivity index (χ1v) is 5.87. The van der Waals surface area contributed by atoms with Gasteiger partial charge in [0.1, 0.15) is 18.1 Å². The number of aliphatic imine (C=N–C) groups is 1. The zero-order valence-corrected chi connectivity index (χ0v) is 10.3. The van der Waals surface area contributed by atoms with Crippen LogP contribution in [-0.4, -0.2) is 42.0 Å². The molecule has 1 aromatic carbocycles. The molecule has 2 rings (SSSR count). The summed E-state index contributed by atoms with van der Waals surface area (Å²) in [6, 6.07) is 7.41. The van der Waals surface area contributed by atoms with Gasteiger partial charge in [0.05, 0.1) is 12.8 Å². The third-order valence-corrected chi connectivity index (χ3v) is 2.85. The van der Waals surface area contributed by atoms with Crippen molar-refractivity contribution in [3.8, 4) is 5.75 Å². The van der Waals surface area contributed by atoms with Gasteiger partial charge in [-0.05, 0) is 30.7 Å². The zero-order valence-electron chi connectivity index (χ0n) is 10.3. The first-order chi connectivity index (χ1) is 8.69. The van der Waals surface area contributed by atoms with Gasteiger partial charge in [-0.3, -0.25) is 4.79 Å². The average Bonchev–Trinajstić information content (AvgIpc) is 2.77. The van der Waals surface area contributed by atoms with E-state index in [9.17, 15) is 4.79 Å². The van der Waals surface area contributed by atoms with Crippen LogP contribution >= 0.6 is 0 Å². The van der Waals surface area contributed by atoms with Crippen LogP contribution in [0.5, 0.6) is 5.75 Å². The lowest BCUT2D eigenvalue weighted by Gasteiger charge is -2.15. The summed E-state index contributed by atoms with van der Waals surface area (Å²) < 4.78 is 5.08. The Kier molecular flexibility index (Phi) is 3.82. The molecular formula is C13H16N2O3. The van der Waals surface area contributed by atoms with Crippen LogP contribution < -0.4 is 4.74 Å². The van der Waals surface area contributed by atoms with Gasteiger partial charge in [-0.25, -0.2) is 4.99 Å². The van der Waals surface area contributed by atoms with E-state index < -0.39 is 5.97 Å². The third-order valence-electron chi connectivity index (χ3n) is 2.85. The monoisotopic (exact) mass is 248 g/mol. The van der Waals surface area contributed by atoms with Crippen LogP contribution in [0.2, 0.25) is 0 Å². The predicted octanol–water partition coefficient (Wildman–Crippen LogP) is 1.91. The maximum Gasteiger partial charge on any atom is 0.323 e. The normalized spacial score (nSPS) is 17.2. The number of ether oxygens (including phenoxy) is 1. The van der Waals surface area contributed by atoms with Crippen molar-refractivity contribution < 1.29 is 14.6 Å². The summed E-state index contributed by atoms with van der Waals surface area (Å²) in [5.41, 5.74) is 0.822. The molecule has 1 saturated heterocycles. The molecule has 0 aromatic heterocycles. The molecule has 1 N–H and O–H groups in total. The second kappa shape index (κ2) is 5.53. The fraction of sp³-hybridized carbons (Fsp3) is 0.385. The lowest BCUT2D eigenvalue weighted by molar-refractivity contribution is -0.137. The molecule has 1 fully saturated rings. The molecule has 5 nitrogen and oxygen atoms in total. The number of carboxylic acids is 1. The van der Waals surface area contributed by atoms with E-state index in [1.54, 1.807) is 7.11 Å². The summed E-state index contributed by atoms with van der Waals surface area (Å²) in [6.07, 6.45) is 1.79. The maximum absolute atomic E-state index is 10.7. The summed E-state index contributed by atoms with van der Waals surface area (Å²) in [5.74, 6) is 0.815. The van der Waals surface area contributed by atoms with Crippen molar-refractivity contribution in [3.63, 3.8) is 0 Å². The van der Waals surface area contributed by atoms with Crippen LogP contribution in [0.25, 0.3) is 0 Å². The number of amidine groups is 1. The molecule has 0 unspecified atom stereocenters. The topological polar surface area (TPSA) is 62.1 Å². The van der Waals surface area contributed by atoms with Crippen molar-refractivity contribution in [1.29, 1.82) is 0 Å². The van der Waals surface area contributed by atoms with Gasteiger partial charge in [-0.15, -0.1) is 0 Å². The molecule has 1 heterocycles. The van der Waals surface area contributed by atoms with Gasteiger partial charge in [-0.2, -0.15) is 0 Å². The van der Waals surface area contributed by atoms with Crippen LogP contribution in [0.1, 0.15) is 12.8 Å². The van der Waals surface area contributed by atoms with Crippen molar-refractivity contribution in [1.82, 2.24) is 4.90 Å². The van der Waals surface area contributed by atoms with Crippen LogP contribution in [0.4, 0.5) is 5.69 Å². The molecular weight excluding hydrogens is 232 g/mol. The van der Waals surface area contributed by atoms with E-state index in [1.807, 2.05) is 29.2 Å². The molecule has 0 atom stereocenters. The average molecular weight is 248 g/mol. The van der Waals surface area contributed by atoms with Crippen LogP contribution in [0, 0.1) is 0 Å². The van der Waals surface area contributed by atoms with Gasteiger partial charge >= 0.3 is 5.97 Å². The van der Waals surface area contributed by atoms with E-state index in [1.165, 1.54) is 0 Å². The first kappa shape index (κ1) is 12.4. The summed E-state index contributed by atoms with van der Waals surface area (Å²) in [6.45, 7) is 0.788. The number of rotatable bonds is 4. The van der Waals surface area contributed by atoms with E-state index in [0.29, 0.717) is 0 Å². The molecule has 0 spiro atoms. The van der Waals surface area contributed by atoms with Crippen molar-refractivity contribution in [2.45, 2.75) is 12.8 Å². The number of likely N-dealkylation sites (tertiary alicyclic amines) is 1. The van der Waals surface area contributed by atoms with Crippen LogP contribution in [0.15, 0.2) is 29.3 Å². The second-order valence-corrected chi connectivity index (χ2v) is 4.14. The van der Waals surface area contributed by atoms with E-state index in [0.717, 1.165) is 36.7 Å². The number of hydrogen-bond donors (Lipinski definition) is 1. The molecule has 5 heteroatoms. The Morgan fingerprint density at radius 1 is 1.44 bits per heavy atom. The molecule has 1 aromatic rings. The zero-order chi connectivity index (χ0) is 13.0. The molecule has 1 aliphatic heterocycles. The molecule has 96 valence electrons. The Hall–Kier alpha value is -2.04. The minimum Gasteiger partial charge on any atom is -0.497 e. The third kappa shape index (κ3) is 3.00. The summed E-state index contributed by atoms with van der Waals surface area (Å²) in [5, 5.41) is 8.81. The highest BCUT2D eigenvalue weighted by Crippen LogP contribution is 2.21. The number of carboxylic acid groups (broad SMARTS) is 1. The number of hydrogen-bond acceptors (Lipinski definition) is 3. The number of nitrogens with zero attached hydrogens (tertiary/aromatic N) is 2. The SMILES string of the molecule is COc1ccc(N=C2CCCN2CC(=O)O)cc1. The van der Waals surface area contributed by atoms with Crippen LogP contribution in [-0.2, 0) is 4.79 Å². The van der Waals surface area contributed by atoms with Gasteiger partial charge in [-0.1, -0.05) is 0 Å². The number of carbonyl (C=O) groups is 1. The van der Waals surface area contributed by atoms with Crippen LogP contribution in [0.3, 0.4) is 0 Å². The Morgan fingerprint density at radius 2 is 2.17 bits per heavy atom. The Bertz CT molecular complexity index is 454. The molecule has 0 saturated carbocycles. The Morgan fingerprint density at radius 3 is 2.78 bits per heavy atom. The largest absolute Gasteiger partial charge is 0.497 e. The van der Waals surface area contributed by atoms with Crippen molar-refractivity contribution >= 4 is 17.5 Å². The Balaban J connectivity index is 2.12. The van der Waals surface area contributed by atoms with E-state index >= 15 is 0 Å². The van der Waals surface area contributed by atoms with Gasteiger partial charge < -0.3 is 14.7 Å². The predicted molar refractivity (Wildman–Crippen MR) is 68.5 cm³/mol. The van der Waals surface area contributed by atoms with Crippen molar-refractivity contribution in [2.24, 2.45) is 4.99 Å². The molecule has 0 radical (unpaired) electrons. The minimum atomic E-state index is -0.820. The summed E-state index contributed by atoms with van der Waals surface area (Å²) >= 11 is 0. The van der Waals surface area contributed by atoms with Gasteiger partial charge in [0.2, 0.25) is 0 Å². The summed E-state index contributed by atoms with van der Waals surface area (Å²) in [7, 11) is 1.62. The summed E-state index contributed by atoms with van der Waals surface area (Å²) in [4.78, 5) is 17.0. The highest BCUT2D eigenvalue weighted by atomic mass is 16.5. The highest BCUT2D eigenvalue weighted by molar-refractivity contribution is 5.89. The smallest absolute Gasteiger partial charge is 0.323 e. The van der Waals surface area contributed by atoms with Gasteiger partial charge in [0.15, 0.2) is 0 Å². The second-order valence-electron chi connectivity index (χ2n) is 4.14. The fourth-order valence-corrected chi connectivity index (χ4v) is 1.98. The molecule has 0 bridgehead atoms. The number of aliphatic carboxylic acids is 1. The number of methoxy groups -OCH3 is 1. The minimum absolute atomic E-state index is 0.0228. The lowest BCUT2D eigenvalue weighted by atomic mass is 10.3. The first-order valence-electron chi connectivity index (χ1n) is 5.87. The standard InChI is InChI=1S/C13H16N2O3/c1-18-11-6-4-10(5-7-11)14-12-3-2-8-15(12)9-13(16)17/h4-7H,2-3,8-9H2,1H3,(H,16,17). The molecule has 0 amide bonds. The quantitative estimate of drug-likeness (QED) is 0.884. The van der Waals surface area contributed by atoms with E-state index in [-0.39, 0.29) is 6.54 Å².